The van der Waals surface area contributed by atoms with E-state index in [9.17, 15) is 0 Å². The number of ether oxygens (including phenoxy) is 1. The molecule has 0 spiro atoms. The van der Waals surface area contributed by atoms with Crippen molar-refractivity contribution in [3.05, 3.63) is 0 Å². The topological polar surface area (TPSA) is 35.2 Å². The van der Waals surface area contributed by atoms with Gasteiger partial charge in [0.2, 0.25) is 0 Å². The number of nitrogens with two attached hydrogens (primary N) is 1. The summed E-state index contributed by atoms with van der Waals surface area (Å²) in [5.74, 6) is 0. The van der Waals surface area contributed by atoms with Gasteiger partial charge in [-0.05, 0) is 33.6 Å². The largest absolute Gasteiger partial charge is 0.379 e. The van der Waals surface area contributed by atoms with Crippen molar-refractivity contribution in [1.29, 1.82) is 0 Å². The van der Waals surface area contributed by atoms with Gasteiger partial charge in [-0.2, -0.15) is 0 Å². The van der Waals surface area contributed by atoms with Gasteiger partial charge >= 0.3 is 0 Å². The fraction of sp³-hybridized carbons (Fsp3) is 1.00. The van der Waals surface area contributed by atoms with Gasteiger partial charge in [0, 0.05) is 12.6 Å². The van der Waals surface area contributed by atoms with E-state index in [1.165, 1.54) is 0 Å². The van der Waals surface area contributed by atoms with Gasteiger partial charge in [-0.25, -0.2) is 0 Å². The Hall–Kier alpha value is -0.0800. The minimum Gasteiger partial charge on any atom is -0.379 e. The summed E-state index contributed by atoms with van der Waals surface area (Å²) in [5.41, 5.74) is 5.55. The van der Waals surface area contributed by atoms with Crippen molar-refractivity contribution in [3.8, 4) is 0 Å². The Labute approximate surface area is 63.7 Å². The Morgan fingerprint density at radius 3 is 2.30 bits per heavy atom. The van der Waals surface area contributed by atoms with Crippen molar-refractivity contribution in [1.82, 2.24) is 0 Å². The fourth-order valence-electron chi connectivity index (χ4n) is 0.724. The molecule has 2 heteroatoms. The van der Waals surface area contributed by atoms with Crippen LogP contribution in [-0.4, -0.2) is 18.8 Å². The van der Waals surface area contributed by atoms with E-state index in [0.29, 0.717) is 12.1 Å². The highest BCUT2D eigenvalue weighted by Gasteiger charge is 1.95. The van der Waals surface area contributed by atoms with E-state index in [4.69, 9.17) is 10.5 Å². The van der Waals surface area contributed by atoms with Crippen molar-refractivity contribution in [2.24, 2.45) is 5.73 Å². The third-order valence-corrected chi connectivity index (χ3v) is 1.25. The minimum atomic E-state index is 0.316. The molecule has 62 valence electrons. The maximum atomic E-state index is 5.55. The Morgan fingerprint density at radius 2 is 1.90 bits per heavy atom. The van der Waals surface area contributed by atoms with Gasteiger partial charge in [-0.15, -0.1) is 0 Å². The SMILES string of the molecule is CC(C)OCCC[C@H](C)N. The lowest BCUT2D eigenvalue weighted by Crippen LogP contribution is -2.15. The lowest BCUT2D eigenvalue weighted by Gasteiger charge is -2.08. The lowest BCUT2D eigenvalue weighted by atomic mass is 10.2. The van der Waals surface area contributed by atoms with Crippen molar-refractivity contribution in [2.45, 2.75) is 45.8 Å². The molecule has 0 aromatic heterocycles. The zero-order valence-corrected chi connectivity index (χ0v) is 7.26. The average Bonchev–Trinajstić information content (AvgIpc) is 1.79. The van der Waals surface area contributed by atoms with Crippen LogP contribution in [0.4, 0.5) is 0 Å². The number of rotatable bonds is 5. The third-order valence-electron chi connectivity index (χ3n) is 1.25. The van der Waals surface area contributed by atoms with E-state index >= 15 is 0 Å². The summed E-state index contributed by atoms with van der Waals surface area (Å²) in [6.45, 7) is 6.96. The number of hydrogen-bond donors (Lipinski definition) is 1. The Kier molecular flexibility index (Phi) is 5.64. The first-order valence-electron chi connectivity index (χ1n) is 4.00. The average molecular weight is 145 g/mol. The summed E-state index contributed by atoms with van der Waals surface area (Å²) in [5, 5.41) is 0. The minimum absolute atomic E-state index is 0.316. The second kappa shape index (κ2) is 5.69. The Morgan fingerprint density at radius 1 is 1.30 bits per heavy atom. The van der Waals surface area contributed by atoms with Gasteiger partial charge in [0.15, 0.2) is 0 Å². The zero-order chi connectivity index (χ0) is 7.98. The molecule has 0 aliphatic carbocycles. The Bertz CT molecular complexity index is 61.7. The summed E-state index contributed by atoms with van der Waals surface area (Å²) in [7, 11) is 0. The van der Waals surface area contributed by atoms with Crippen LogP contribution in [0.2, 0.25) is 0 Å². The van der Waals surface area contributed by atoms with Crippen LogP contribution in [0, 0.1) is 0 Å². The highest BCUT2D eigenvalue weighted by molar-refractivity contribution is 4.51. The van der Waals surface area contributed by atoms with E-state index in [1.807, 2.05) is 20.8 Å². The molecule has 0 aliphatic rings. The maximum absolute atomic E-state index is 5.55. The van der Waals surface area contributed by atoms with Gasteiger partial charge in [0.1, 0.15) is 0 Å². The standard InChI is InChI=1S/C8H19NO/c1-7(2)10-6-4-5-8(3)9/h7-8H,4-6,9H2,1-3H3/t8-/m0/s1. The smallest absolute Gasteiger partial charge is 0.0518 e. The van der Waals surface area contributed by atoms with E-state index < -0.39 is 0 Å². The zero-order valence-electron chi connectivity index (χ0n) is 7.26. The molecule has 2 nitrogen and oxygen atoms in total. The van der Waals surface area contributed by atoms with Crippen molar-refractivity contribution in [3.63, 3.8) is 0 Å². The van der Waals surface area contributed by atoms with Crippen LogP contribution in [0.15, 0.2) is 0 Å². The molecule has 0 aromatic rings. The monoisotopic (exact) mass is 145 g/mol. The molecule has 1 atom stereocenters. The molecule has 0 radical (unpaired) electrons. The second-order valence-electron chi connectivity index (χ2n) is 3.04. The van der Waals surface area contributed by atoms with Gasteiger partial charge < -0.3 is 10.5 Å². The van der Waals surface area contributed by atoms with Crippen LogP contribution in [0.25, 0.3) is 0 Å². The highest BCUT2D eigenvalue weighted by atomic mass is 16.5. The molecule has 0 amide bonds. The summed E-state index contributed by atoms with van der Waals surface area (Å²) in [6, 6.07) is 0.316. The Balaban J connectivity index is 2.91. The summed E-state index contributed by atoms with van der Waals surface area (Å²) >= 11 is 0. The normalized spacial score (nSPS) is 14.1. The molecular formula is C8H19NO. The second-order valence-corrected chi connectivity index (χ2v) is 3.04. The molecule has 2 N–H and O–H groups in total. The first-order chi connectivity index (χ1) is 4.63. The molecule has 0 bridgehead atoms. The maximum Gasteiger partial charge on any atom is 0.0518 e. The van der Waals surface area contributed by atoms with Gasteiger partial charge in [-0.1, -0.05) is 0 Å². The van der Waals surface area contributed by atoms with E-state index in [0.717, 1.165) is 19.4 Å². The molecule has 0 saturated carbocycles. The van der Waals surface area contributed by atoms with Crippen LogP contribution in [0.3, 0.4) is 0 Å². The summed E-state index contributed by atoms with van der Waals surface area (Å²) in [4.78, 5) is 0. The van der Waals surface area contributed by atoms with Crippen molar-refractivity contribution in [2.75, 3.05) is 6.61 Å². The van der Waals surface area contributed by atoms with Crippen molar-refractivity contribution < 1.29 is 4.74 Å². The lowest BCUT2D eigenvalue weighted by molar-refractivity contribution is 0.0753. The molecule has 0 aromatic carbocycles. The van der Waals surface area contributed by atoms with E-state index in [1.54, 1.807) is 0 Å². The predicted molar refractivity (Wildman–Crippen MR) is 44.0 cm³/mol. The van der Waals surface area contributed by atoms with Gasteiger partial charge in [0.05, 0.1) is 6.10 Å². The third kappa shape index (κ3) is 7.92. The van der Waals surface area contributed by atoms with Crippen LogP contribution < -0.4 is 5.73 Å². The van der Waals surface area contributed by atoms with Crippen molar-refractivity contribution >= 4 is 0 Å². The molecule has 0 rings (SSSR count). The summed E-state index contributed by atoms with van der Waals surface area (Å²) < 4.78 is 5.34. The van der Waals surface area contributed by atoms with Crippen LogP contribution in [0.1, 0.15) is 33.6 Å². The fourth-order valence-corrected chi connectivity index (χ4v) is 0.724. The summed E-state index contributed by atoms with van der Waals surface area (Å²) in [6.07, 6.45) is 2.50. The van der Waals surface area contributed by atoms with Crippen LogP contribution in [-0.2, 0) is 4.74 Å². The van der Waals surface area contributed by atoms with Crippen LogP contribution in [0.5, 0.6) is 0 Å². The molecule has 10 heavy (non-hydrogen) atoms. The van der Waals surface area contributed by atoms with E-state index in [2.05, 4.69) is 0 Å². The predicted octanol–water partition coefficient (Wildman–Crippen LogP) is 1.54. The quantitative estimate of drug-likeness (QED) is 0.595. The molecule has 0 fully saturated rings. The molecule has 0 unspecified atom stereocenters. The van der Waals surface area contributed by atoms with E-state index in [-0.39, 0.29) is 0 Å². The van der Waals surface area contributed by atoms with Gasteiger partial charge in [-0.3, -0.25) is 0 Å². The van der Waals surface area contributed by atoms with Gasteiger partial charge in [0.25, 0.3) is 0 Å². The molecule has 0 aliphatic heterocycles. The number of hydrogen-bond acceptors (Lipinski definition) is 2. The van der Waals surface area contributed by atoms with Crippen LogP contribution >= 0.6 is 0 Å². The first kappa shape index (κ1) is 9.92. The highest BCUT2D eigenvalue weighted by Crippen LogP contribution is 1.96. The first-order valence-corrected chi connectivity index (χ1v) is 4.00. The molecule has 0 heterocycles. The molecular weight excluding hydrogens is 126 g/mol. The molecule has 0 saturated heterocycles.